The van der Waals surface area contributed by atoms with E-state index in [9.17, 15) is 0 Å². The Balaban J connectivity index is 2.20. The molecule has 1 unspecified atom stereocenters. The van der Waals surface area contributed by atoms with Crippen LogP contribution in [0.15, 0.2) is 29.9 Å². The quantitative estimate of drug-likeness (QED) is 0.691. The molecule has 0 aliphatic carbocycles. The standard InChI is InChI=1S/C12H11ClN4S/c1-8(12-15-5-6-18-12)17-10(7-13)16-9-3-2-4-14-11(9)17/h2-6,8H,7H2,1H3. The van der Waals surface area contributed by atoms with Crippen molar-refractivity contribution in [2.45, 2.75) is 18.8 Å². The fraction of sp³-hybridized carbons (Fsp3) is 0.250. The van der Waals surface area contributed by atoms with Crippen LogP contribution in [0.4, 0.5) is 0 Å². The third-order valence-electron chi connectivity index (χ3n) is 2.84. The van der Waals surface area contributed by atoms with E-state index in [4.69, 9.17) is 11.6 Å². The fourth-order valence-electron chi connectivity index (χ4n) is 2.03. The molecule has 0 radical (unpaired) electrons. The largest absolute Gasteiger partial charge is 0.302 e. The van der Waals surface area contributed by atoms with Gasteiger partial charge in [-0.05, 0) is 19.1 Å². The molecule has 0 aliphatic rings. The van der Waals surface area contributed by atoms with E-state index in [2.05, 4.69) is 26.4 Å². The molecule has 92 valence electrons. The van der Waals surface area contributed by atoms with Crippen LogP contribution in [0.3, 0.4) is 0 Å². The zero-order valence-electron chi connectivity index (χ0n) is 9.75. The summed E-state index contributed by atoms with van der Waals surface area (Å²) >= 11 is 7.61. The van der Waals surface area contributed by atoms with Crippen LogP contribution >= 0.6 is 22.9 Å². The van der Waals surface area contributed by atoms with E-state index < -0.39 is 0 Å². The monoisotopic (exact) mass is 278 g/mol. The molecule has 0 aliphatic heterocycles. The summed E-state index contributed by atoms with van der Waals surface area (Å²) in [5, 5.41) is 3.00. The van der Waals surface area contributed by atoms with Gasteiger partial charge in [-0.3, -0.25) is 0 Å². The van der Waals surface area contributed by atoms with Crippen molar-refractivity contribution in [2.24, 2.45) is 0 Å². The van der Waals surface area contributed by atoms with Gasteiger partial charge in [-0.15, -0.1) is 22.9 Å². The Hall–Kier alpha value is -1.46. The van der Waals surface area contributed by atoms with E-state index in [1.165, 1.54) is 0 Å². The molecular formula is C12H11ClN4S. The smallest absolute Gasteiger partial charge is 0.160 e. The van der Waals surface area contributed by atoms with Gasteiger partial charge in [0.05, 0.1) is 11.9 Å². The molecule has 3 aromatic rings. The summed E-state index contributed by atoms with van der Waals surface area (Å²) in [6, 6.07) is 3.92. The lowest BCUT2D eigenvalue weighted by Gasteiger charge is -2.13. The fourth-order valence-corrected chi connectivity index (χ4v) is 2.90. The van der Waals surface area contributed by atoms with Crippen molar-refractivity contribution in [3.63, 3.8) is 0 Å². The first kappa shape index (κ1) is 11.6. The van der Waals surface area contributed by atoms with Gasteiger partial charge in [0.2, 0.25) is 0 Å². The molecule has 0 amide bonds. The maximum Gasteiger partial charge on any atom is 0.160 e. The summed E-state index contributed by atoms with van der Waals surface area (Å²) in [7, 11) is 0. The molecule has 18 heavy (non-hydrogen) atoms. The first-order valence-corrected chi connectivity index (χ1v) is 7.00. The summed E-state index contributed by atoms with van der Waals surface area (Å²) < 4.78 is 2.06. The number of halogens is 1. The number of thiazole rings is 1. The van der Waals surface area contributed by atoms with Crippen molar-refractivity contribution in [1.82, 2.24) is 19.5 Å². The number of fused-ring (bicyclic) bond motifs is 1. The highest BCUT2D eigenvalue weighted by Crippen LogP contribution is 2.26. The molecule has 0 N–H and O–H groups in total. The number of hydrogen-bond donors (Lipinski definition) is 0. The van der Waals surface area contributed by atoms with E-state index in [-0.39, 0.29) is 6.04 Å². The van der Waals surface area contributed by atoms with Gasteiger partial charge in [0.25, 0.3) is 0 Å². The zero-order valence-corrected chi connectivity index (χ0v) is 11.3. The van der Waals surface area contributed by atoms with E-state index in [0.29, 0.717) is 5.88 Å². The Morgan fingerprint density at radius 1 is 1.39 bits per heavy atom. The Kier molecular flexibility index (Phi) is 3.01. The summed E-state index contributed by atoms with van der Waals surface area (Å²) in [4.78, 5) is 13.3. The average Bonchev–Trinajstić information content (AvgIpc) is 3.04. The highest BCUT2D eigenvalue weighted by Gasteiger charge is 2.18. The number of imidazole rings is 1. The van der Waals surface area contributed by atoms with Crippen molar-refractivity contribution < 1.29 is 0 Å². The van der Waals surface area contributed by atoms with Gasteiger partial charge in [-0.2, -0.15) is 0 Å². The van der Waals surface area contributed by atoms with Gasteiger partial charge in [0.1, 0.15) is 16.3 Å². The molecule has 3 heterocycles. The van der Waals surface area contributed by atoms with Crippen LogP contribution in [0.25, 0.3) is 11.2 Å². The average molecular weight is 279 g/mol. The molecule has 0 spiro atoms. The van der Waals surface area contributed by atoms with Crippen molar-refractivity contribution >= 4 is 34.1 Å². The molecule has 1 atom stereocenters. The highest BCUT2D eigenvalue weighted by molar-refractivity contribution is 7.09. The maximum absolute atomic E-state index is 5.98. The molecule has 4 nitrogen and oxygen atoms in total. The van der Waals surface area contributed by atoms with Crippen molar-refractivity contribution in [3.05, 3.63) is 40.7 Å². The van der Waals surface area contributed by atoms with Gasteiger partial charge in [0, 0.05) is 17.8 Å². The molecule has 3 aromatic heterocycles. The predicted molar refractivity (Wildman–Crippen MR) is 73.0 cm³/mol. The number of aromatic nitrogens is 4. The number of alkyl halides is 1. The van der Waals surface area contributed by atoms with Gasteiger partial charge >= 0.3 is 0 Å². The van der Waals surface area contributed by atoms with Crippen LogP contribution < -0.4 is 0 Å². The number of rotatable bonds is 3. The van der Waals surface area contributed by atoms with E-state index in [0.717, 1.165) is 22.0 Å². The van der Waals surface area contributed by atoms with Gasteiger partial charge in [-0.25, -0.2) is 15.0 Å². The molecule has 0 saturated carbocycles. The second-order valence-electron chi connectivity index (χ2n) is 3.92. The molecule has 0 aromatic carbocycles. The lowest BCUT2D eigenvalue weighted by molar-refractivity contribution is 0.625. The van der Waals surface area contributed by atoms with Crippen LogP contribution in [0.5, 0.6) is 0 Å². The molecule has 0 saturated heterocycles. The summed E-state index contributed by atoms with van der Waals surface area (Å²) in [6.45, 7) is 2.09. The predicted octanol–water partition coefficient (Wildman–Crippen LogP) is 3.24. The molecule has 3 rings (SSSR count). The summed E-state index contributed by atoms with van der Waals surface area (Å²) in [5.74, 6) is 1.19. The first-order chi connectivity index (χ1) is 8.81. The lowest BCUT2D eigenvalue weighted by Crippen LogP contribution is -2.10. The molecular weight excluding hydrogens is 268 g/mol. The molecule has 0 bridgehead atoms. The van der Waals surface area contributed by atoms with Gasteiger partial charge in [0.15, 0.2) is 5.65 Å². The number of nitrogens with zero attached hydrogens (tertiary/aromatic N) is 4. The van der Waals surface area contributed by atoms with Crippen LogP contribution in [0, 0.1) is 0 Å². The van der Waals surface area contributed by atoms with Crippen LogP contribution in [0.2, 0.25) is 0 Å². The minimum atomic E-state index is 0.0960. The minimum Gasteiger partial charge on any atom is -0.302 e. The second-order valence-corrected chi connectivity index (χ2v) is 5.12. The Morgan fingerprint density at radius 2 is 2.28 bits per heavy atom. The van der Waals surface area contributed by atoms with Crippen LogP contribution in [0.1, 0.15) is 23.8 Å². The second kappa shape index (κ2) is 4.66. The number of hydrogen-bond acceptors (Lipinski definition) is 4. The van der Waals surface area contributed by atoms with Gasteiger partial charge < -0.3 is 4.57 Å². The van der Waals surface area contributed by atoms with Crippen molar-refractivity contribution in [3.8, 4) is 0 Å². The van der Waals surface area contributed by atoms with E-state index in [1.807, 2.05) is 23.7 Å². The van der Waals surface area contributed by atoms with Crippen LogP contribution in [-0.2, 0) is 5.88 Å². The third-order valence-corrected chi connectivity index (χ3v) is 4.02. The lowest BCUT2D eigenvalue weighted by atomic mass is 10.3. The zero-order chi connectivity index (χ0) is 12.5. The minimum absolute atomic E-state index is 0.0960. The first-order valence-electron chi connectivity index (χ1n) is 5.58. The summed E-state index contributed by atoms with van der Waals surface area (Å²) in [6.07, 6.45) is 3.58. The van der Waals surface area contributed by atoms with Crippen molar-refractivity contribution in [2.75, 3.05) is 0 Å². The topological polar surface area (TPSA) is 43.6 Å². The van der Waals surface area contributed by atoms with Crippen molar-refractivity contribution in [1.29, 1.82) is 0 Å². The highest BCUT2D eigenvalue weighted by atomic mass is 35.5. The number of pyridine rings is 1. The maximum atomic E-state index is 5.98. The summed E-state index contributed by atoms with van der Waals surface area (Å²) in [5.41, 5.74) is 1.73. The Bertz CT molecular complexity index is 662. The molecule has 6 heteroatoms. The normalized spacial score (nSPS) is 13.0. The molecule has 0 fully saturated rings. The Morgan fingerprint density at radius 3 is 3.00 bits per heavy atom. The SMILES string of the molecule is CC(c1nccs1)n1c(CCl)nc2cccnc21. The van der Waals surface area contributed by atoms with E-state index in [1.54, 1.807) is 17.5 Å². The van der Waals surface area contributed by atoms with Gasteiger partial charge in [-0.1, -0.05) is 0 Å². The van der Waals surface area contributed by atoms with Crippen LogP contribution in [-0.4, -0.2) is 19.5 Å². The third kappa shape index (κ3) is 1.79. The van der Waals surface area contributed by atoms with E-state index >= 15 is 0 Å². The Labute approximate surface area is 113 Å².